The van der Waals surface area contributed by atoms with Gasteiger partial charge < -0.3 is 4.74 Å². The van der Waals surface area contributed by atoms with Crippen LogP contribution in [0.15, 0.2) is 47.4 Å². The minimum atomic E-state index is -3.76. The quantitative estimate of drug-likeness (QED) is 0.700. The largest absolute Gasteiger partial charge is 0.496 e. The molecular formula is C16H16FN5O3S. The van der Waals surface area contributed by atoms with Gasteiger partial charge in [0, 0.05) is 0 Å². The van der Waals surface area contributed by atoms with Gasteiger partial charge in [-0.3, -0.25) is 0 Å². The lowest BCUT2D eigenvalue weighted by Crippen LogP contribution is -2.25. The molecule has 0 aliphatic carbocycles. The third kappa shape index (κ3) is 3.70. The average molecular weight is 377 g/mol. The van der Waals surface area contributed by atoms with Crippen LogP contribution in [0.2, 0.25) is 0 Å². The molecule has 0 unspecified atom stereocenters. The summed E-state index contributed by atoms with van der Waals surface area (Å²) < 4.78 is 47.0. The minimum absolute atomic E-state index is 0.108. The molecule has 136 valence electrons. The summed E-state index contributed by atoms with van der Waals surface area (Å²) in [6, 6.07) is 10.1. The molecule has 0 atom stereocenters. The molecule has 2 aromatic carbocycles. The van der Waals surface area contributed by atoms with Gasteiger partial charge in [0.15, 0.2) is 5.82 Å². The first-order valence-electron chi connectivity index (χ1n) is 7.58. The highest BCUT2D eigenvalue weighted by Crippen LogP contribution is 2.21. The Balaban J connectivity index is 1.80. The van der Waals surface area contributed by atoms with Gasteiger partial charge in [-0.25, -0.2) is 17.5 Å². The molecule has 0 aliphatic rings. The molecule has 10 heteroatoms. The second-order valence-electron chi connectivity index (χ2n) is 5.44. The van der Waals surface area contributed by atoms with Crippen LogP contribution in [0, 0.1) is 12.7 Å². The van der Waals surface area contributed by atoms with Crippen LogP contribution < -0.4 is 9.46 Å². The van der Waals surface area contributed by atoms with Gasteiger partial charge in [0.2, 0.25) is 10.0 Å². The summed E-state index contributed by atoms with van der Waals surface area (Å²) in [7, 11) is -2.25. The smallest absolute Gasteiger partial charge is 0.240 e. The van der Waals surface area contributed by atoms with E-state index in [0.717, 1.165) is 0 Å². The fraction of sp³-hybridized carbons (Fsp3) is 0.188. The molecule has 0 aliphatic heterocycles. The Morgan fingerprint density at radius 2 is 1.92 bits per heavy atom. The van der Waals surface area contributed by atoms with E-state index in [1.54, 1.807) is 13.0 Å². The maximum atomic E-state index is 13.0. The lowest BCUT2D eigenvalue weighted by atomic mass is 10.2. The molecular weight excluding hydrogens is 361 g/mol. The maximum Gasteiger partial charge on any atom is 0.240 e. The number of nitrogens with zero attached hydrogens (tertiary/aromatic N) is 4. The molecule has 0 saturated heterocycles. The highest BCUT2D eigenvalue weighted by Gasteiger charge is 2.17. The molecule has 8 nitrogen and oxygen atoms in total. The van der Waals surface area contributed by atoms with Crippen molar-refractivity contribution >= 4 is 10.0 Å². The number of aromatic nitrogens is 4. The van der Waals surface area contributed by atoms with Crippen LogP contribution in [0.4, 0.5) is 4.39 Å². The first-order valence-corrected chi connectivity index (χ1v) is 9.06. The predicted molar refractivity (Wildman–Crippen MR) is 90.9 cm³/mol. The van der Waals surface area contributed by atoms with Crippen molar-refractivity contribution in [3.8, 4) is 11.4 Å². The zero-order valence-corrected chi connectivity index (χ0v) is 14.9. The van der Waals surface area contributed by atoms with E-state index in [1.807, 2.05) is 0 Å². The molecule has 0 bridgehead atoms. The van der Waals surface area contributed by atoms with Crippen molar-refractivity contribution in [3.05, 3.63) is 59.7 Å². The van der Waals surface area contributed by atoms with Crippen molar-refractivity contribution in [1.29, 1.82) is 0 Å². The Kier molecular flexibility index (Phi) is 4.96. The van der Waals surface area contributed by atoms with Gasteiger partial charge >= 0.3 is 0 Å². The molecule has 3 rings (SSSR count). The molecule has 1 aromatic heterocycles. The lowest BCUT2D eigenvalue weighted by molar-refractivity contribution is 0.411. The summed E-state index contributed by atoms with van der Waals surface area (Å²) in [4.78, 5) is 0.108. The van der Waals surface area contributed by atoms with E-state index in [1.165, 1.54) is 48.2 Å². The van der Waals surface area contributed by atoms with E-state index in [4.69, 9.17) is 4.74 Å². The number of rotatable bonds is 6. The van der Waals surface area contributed by atoms with Gasteiger partial charge in [-0.1, -0.05) is 0 Å². The van der Waals surface area contributed by atoms with Gasteiger partial charge in [-0.2, -0.15) is 4.68 Å². The van der Waals surface area contributed by atoms with Crippen molar-refractivity contribution in [2.24, 2.45) is 0 Å². The highest BCUT2D eigenvalue weighted by molar-refractivity contribution is 7.89. The number of benzene rings is 2. The fourth-order valence-corrected chi connectivity index (χ4v) is 3.42. The van der Waals surface area contributed by atoms with E-state index in [9.17, 15) is 12.8 Å². The van der Waals surface area contributed by atoms with Gasteiger partial charge in [-0.15, -0.1) is 5.10 Å². The van der Waals surface area contributed by atoms with Crippen LogP contribution in [-0.2, 0) is 16.6 Å². The second kappa shape index (κ2) is 7.18. The zero-order chi connectivity index (χ0) is 18.7. The molecule has 1 heterocycles. The van der Waals surface area contributed by atoms with Crippen molar-refractivity contribution in [3.63, 3.8) is 0 Å². The van der Waals surface area contributed by atoms with Gasteiger partial charge in [0.1, 0.15) is 11.6 Å². The van der Waals surface area contributed by atoms with Crippen molar-refractivity contribution < 1.29 is 17.5 Å². The third-order valence-electron chi connectivity index (χ3n) is 3.70. The summed E-state index contributed by atoms with van der Waals surface area (Å²) >= 11 is 0. The second-order valence-corrected chi connectivity index (χ2v) is 7.21. The maximum absolute atomic E-state index is 13.0. The Bertz CT molecular complexity index is 1020. The first kappa shape index (κ1) is 18.0. The van der Waals surface area contributed by atoms with E-state index in [0.29, 0.717) is 17.0 Å². The molecule has 0 spiro atoms. The van der Waals surface area contributed by atoms with E-state index < -0.39 is 10.0 Å². The van der Waals surface area contributed by atoms with Gasteiger partial charge in [-0.05, 0) is 65.4 Å². The van der Waals surface area contributed by atoms with Crippen LogP contribution in [0.1, 0.15) is 11.4 Å². The summed E-state index contributed by atoms with van der Waals surface area (Å²) in [6.07, 6.45) is 0. The van der Waals surface area contributed by atoms with Gasteiger partial charge in [0.05, 0.1) is 24.2 Å². The molecule has 3 aromatic rings. The normalized spacial score (nSPS) is 11.5. The summed E-state index contributed by atoms with van der Waals surface area (Å²) in [5.74, 6) is 0.480. The van der Waals surface area contributed by atoms with Crippen LogP contribution in [0.5, 0.6) is 5.75 Å². The number of methoxy groups -OCH3 is 1. The SMILES string of the molecule is COc1ccc(S(=O)(=O)NCc2nnnn2-c2ccc(F)cc2)cc1C. The topological polar surface area (TPSA) is 99.0 Å². The molecule has 0 amide bonds. The van der Waals surface area contributed by atoms with E-state index >= 15 is 0 Å². The fourth-order valence-electron chi connectivity index (χ4n) is 2.36. The Hall–Kier alpha value is -2.85. The van der Waals surface area contributed by atoms with Crippen molar-refractivity contribution in [2.45, 2.75) is 18.4 Å². The summed E-state index contributed by atoms with van der Waals surface area (Å²) in [5, 5.41) is 11.2. The number of hydrogen-bond acceptors (Lipinski definition) is 6. The number of ether oxygens (including phenoxy) is 1. The third-order valence-corrected chi connectivity index (χ3v) is 5.10. The number of halogens is 1. The van der Waals surface area contributed by atoms with Crippen LogP contribution in [-0.4, -0.2) is 35.7 Å². The first-order chi connectivity index (χ1) is 12.4. The number of tetrazole rings is 1. The molecule has 1 N–H and O–H groups in total. The van der Waals surface area contributed by atoms with Crippen molar-refractivity contribution in [1.82, 2.24) is 24.9 Å². The van der Waals surface area contributed by atoms with E-state index in [2.05, 4.69) is 20.2 Å². The standard InChI is InChI=1S/C16H16FN5O3S/c1-11-9-14(7-8-15(11)25-2)26(23,24)18-10-16-19-20-21-22(16)13-5-3-12(17)4-6-13/h3-9,18H,10H2,1-2H3. The lowest BCUT2D eigenvalue weighted by Gasteiger charge is -2.10. The number of hydrogen-bond donors (Lipinski definition) is 1. The zero-order valence-electron chi connectivity index (χ0n) is 14.0. The average Bonchev–Trinajstić information content (AvgIpc) is 3.09. The Morgan fingerprint density at radius 1 is 1.19 bits per heavy atom. The number of nitrogens with one attached hydrogen (secondary N) is 1. The van der Waals surface area contributed by atoms with Gasteiger partial charge in [0.25, 0.3) is 0 Å². The van der Waals surface area contributed by atoms with Crippen LogP contribution >= 0.6 is 0 Å². The Morgan fingerprint density at radius 3 is 2.58 bits per heavy atom. The Labute approximate surface area is 149 Å². The monoisotopic (exact) mass is 377 g/mol. The number of aryl methyl sites for hydroxylation is 1. The summed E-state index contributed by atoms with van der Waals surface area (Å²) in [5.41, 5.74) is 1.22. The molecule has 0 radical (unpaired) electrons. The van der Waals surface area contributed by atoms with Crippen molar-refractivity contribution in [2.75, 3.05) is 7.11 Å². The predicted octanol–water partition coefficient (Wildman–Crippen LogP) is 1.60. The minimum Gasteiger partial charge on any atom is -0.496 e. The van der Waals surface area contributed by atoms with Crippen LogP contribution in [0.25, 0.3) is 5.69 Å². The molecule has 0 fully saturated rings. The summed E-state index contributed by atoms with van der Waals surface area (Å²) in [6.45, 7) is 1.63. The van der Waals surface area contributed by atoms with E-state index in [-0.39, 0.29) is 23.1 Å². The number of sulfonamides is 1. The molecule has 0 saturated carbocycles. The highest BCUT2D eigenvalue weighted by atomic mass is 32.2. The van der Waals surface area contributed by atoms with Crippen LogP contribution in [0.3, 0.4) is 0 Å². The molecule has 26 heavy (non-hydrogen) atoms.